The average Bonchev–Trinajstić information content (AvgIpc) is 3.51. The fraction of sp³-hybridized carbons (Fsp3) is 0.400. The number of carbonyl (C=O) groups is 2. The third-order valence-electron chi connectivity index (χ3n) is 7.19. The summed E-state index contributed by atoms with van der Waals surface area (Å²) in [5.41, 5.74) is 5.20. The Balaban J connectivity index is 0.000000328. The Hall–Kier alpha value is -3.70. The number of nitrogens with one attached hydrogen (secondary N) is 1. The van der Waals surface area contributed by atoms with Crippen LogP contribution in [0.1, 0.15) is 49.0 Å². The maximum Gasteiger partial charge on any atom is 0.244 e. The number of aryl methyl sites for hydroxylation is 3. The number of likely N-dealkylation sites (tertiary alicyclic amines) is 1. The number of carbonyl (C=O) groups excluding carboxylic acids is 2. The van der Waals surface area contributed by atoms with Gasteiger partial charge in [-0.05, 0) is 90.9 Å². The second kappa shape index (κ2) is 12.9. The fourth-order valence-electron chi connectivity index (χ4n) is 5.16. The number of nitrogens with zero attached hydrogens (tertiary/aromatic N) is 6. The molecule has 1 amide bonds. The molecule has 0 aliphatic carbocycles. The summed E-state index contributed by atoms with van der Waals surface area (Å²) in [5.74, 6) is 1.78. The lowest BCUT2D eigenvalue weighted by molar-refractivity contribution is -0.135. The van der Waals surface area contributed by atoms with Gasteiger partial charge < -0.3 is 20.1 Å². The smallest absolute Gasteiger partial charge is 0.244 e. The molecule has 5 rings (SSSR count). The Morgan fingerprint density at radius 3 is 2.49 bits per heavy atom. The number of aliphatic hydroxyl groups is 1. The molecule has 1 aliphatic heterocycles. The van der Waals surface area contributed by atoms with Crippen LogP contribution < -0.4 is 5.32 Å². The highest BCUT2D eigenvalue weighted by Crippen LogP contribution is 2.32. The maximum absolute atomic E-state index is 13.0. The van der Waals surface area contributed by atoms with Crippen LogP contribution in [0.3, 0.4) is 0 Å². The van der Waals surface area contributed by atoms with Gasteiger partial charge in [0.25, 0.3) is 0 Å². The first kappa shape index (κ1) is 30.3. The molecule has 3 unspecified atom stereocenters. The van der Waals surface area contributed by atoms with E-state index in [0.717, 1.165) is 49.9 Å². The Morgan fingerprint density at radius 1 is 1.17 bits per heavy atom. The zero-order valence-corrected chi connectivity index (χ0v) is 25.8. The minimum atomic E-state index is -0.794. The van der Waals surface area contributed by atoms with Crippen LogP contribution in [-0.4, -0.2) is 66.6 Å². The molecule has 3 atom stereocenters. The van der Waals surface area contributed by atoms with Gasteiger partial charge in [0.05, 0.1) is 23.4 Å². The number of benzene rings is 1. The summed E-state index contributed by atoms with van der Waals surface area (Å²) in [6.07, 6.45) is 4.29. The third kappa shape index (κ3) is 6.79. The van der Waals surface area contributed by atoms with Gasteiger partial charge in [-0.15, -0.1) is 0 Å². The number of aromatic nitrogens is 5. The van der Waals surface area contributed by atoms with Gasteiger partial charge >= 0.3 is 0 Å². The summed E-state index contributed by atoms with van der Waals surface area (Å²) in [7, 11) is 1.86. The summed E-state index contributed by atoms with van der Waals surface area (Å²) in [4.78, 5) is 38.8. The zero-order chi connectivity index (χ0) is 29.8. The standard InChI is InChI=1S/C23H27N5O3.C7H9BrN2/c1-13-5-19(12-29)27(10-13)21(31)11-28-23-14(2)6-17(18-8-24-16(4)25-9-18)7-20(23)22(26-28)15(3)30;1-5-3-4-6(8)10-7(5)9-2/h6-9,12-13,15,19,30H,5,10-11H2,1-4H3;3-4H,1-2H3,(H,9,10). The third-order valence-corrected chi connectivity index (χ3v) is 7.63. The number of hydrogen-bond acceptors (Lipinski definition) is 8. The molecular formula is C30H36BrN7O3. The van der Waals surface area contributed by atoms with Crippen molar-refractivity contribution in [3.05, 3.63) is 63.9 Å². The number of halogens is 1. The summed E-state index contributed by atoms with van der Waals surface area (Å²) in [6.45, 7) is 10.1. The van der Waals surface area contributed by atoms with E-state index < -0.39 is 6.10 Å². The number of fused-ring (bicyclic) bond motifs is 1. The summed E-state index contributed by atoms with van der Waals surface area (Å²) in [6, 6.07) is 7.53. The zero-order valence-electron chi connectivity index (χ0n) is 24.2. The lowest BCUT2D eigenvalue weighted by atomic mass is 10.0. The van der Waals surface area contributed by atoms with Crippen LogP contribution in [0.4, 0.5) is 5.82 Å². The number of rotatable bonds is 6. The van der Waals surface area contributed by atoms with E-state index in [4.69, 9.17) is 0 Å². The number of amides is 1. The van der Waals surface area contributed by atoms with Gasteiger partial charge in [0.2, 0.25) is 5.91 Å². The van der Waals surface area contributed by atoms with Crippen molar-refractivity contribution < 1.29 is 14.7 Å². The van der Waals surface area contributed by atoms with Crippen LogP contribution in [0, 0.1) is 26.7 Å². The first-order valence-electron chi connectivity index (χ1n) is 13.6. The molecule has 1 aliphatic rings. The van der Waals surface area contributed by atoms with E-state index in [1.165, 1.54) is 0 Å². The molecule has 2 N–H and O–H groups in total. The molecule has 3 aromatic heterocycles. The molecule has 0 radical (unpaired) electrons. The van der Waals surface area contributed by atoms with Crippen molar-refractivity contribution in [1.29, 1.82) is 0 Å². The van der Waals surface area contributed by atoms with Crippen LogP contribution in [0.25, 0.3) is 22.0 Å². The van der Waals surface area contributed by atoms with E-state index in [2.05, 4.69) is 41.3 Å². The number of aldehydes is 1. The van der Waals surface area contributed by atoms with Crippen molar-refractivity contribution in [2.75, 3.05) is 18.9 Å². The van der Waals surface area contributed by atoms with Crippen molar-refractivity contribution in [3.63, 3.8) is 0 Å². The molecule has 41 heavy (non-hydrogen) atoms. The molecule has 1 aromatic carbocycles. The molecule has 10 nitrogen and oxygen atoms in total. The van der Waals surface area contributed by atoms with Gasteiger partial charge in [0, 0.05) is 36.9 Å². The quantitative estimate of drug-likeness (QED) is 0.232. The van der Waals surface area contributed by atoms with Crippen LogP contribution in [0.2, 0.25) is 0 Å². The van der Waals surface area contributed by atoms with Crippen molar-refractivity contribution in [3.8, 4) is 11.1 Å². The number of pyridine rings is 1. The van der Waals surface area contributed by atoms with Gasteiger partial charge in [0.15, 0.2) is 0 Å². The molecule has 1 saturated heterocycles. The van der Waals surface area contributed by atoms with Crippen molar-refractivity contribution in [1.82, 2.24) is 29.6 Å². The lowest BCUT2D eigenvalue weighted by Gasteiger charge is -2.20. The maximum atomic E-state index is 13.0. The molecule has 4 heterocycles. The van der Waals surface area contributed by atoms with Crippen LogP contribution in [0.15, 0.2) is 41.3 Å². The summed E-state index contributed by atoms with van der Waals surface area (Å²) < 4.78 is 2.51. The second-order valence-corrected chi connectivity index (χ2v) is 11.4. The molecule has 11 heteroatoms. The van der Waals surface area contributed by atoms with Gasteiger partial charge in [-0.25, -0.2) is 15.0 Å². The summed E-state index contributed by atoms with van der Waals surface area (Å²) >= 11 is 3.29. The second-order valence-electron chi connectivity index (χ2n) is 10.6. The van der Waals surface area contributed by atoms with Crippen molar-refractivity contribution in [2.45, 2.75) is 59.7 Å². The predicted molar refractivity (Wildman–Crippen MR) is 162 cm³/mol. The van der Waals surface area contributed by atoms with E-state index in [1.807, 2.05) is 59.0 Å². The minimum absolute atomic E-state index is 0.0219. The van der Waals surface area contributed by atoms with E-state index >= 15 is 0 Å². The highest BCUT2D eigenvalue weighted by Gasteiger charge is 2.33. The van der Waals surface area contributed by atoms with E-state index in [0.29, 0.717) is 30.4 Å². The Morgan fingerprint density at radius 2 is 1.88 bits per heavy atom. The Kier molecular flexibility index (Phi) is 9.49. The van der Waals surface area contributed by atoms with Gasteiger partial charge in [0.1, 0.15) is 29.1 Å². The van der Waals surface area contributed by atoms with Crippen molar-refractivity contribution >= 4 is 44.8 Å². The fourth-order valence-corrected chi connectivity index (χ4v) is 5.47. The molecule has 0 spiro atoms. The molecule has 0 saturated carbocycles. The van der Waals surface area contributed by atoms with Gasteiger partial charge in [-0.3, -0.25) is 9.48 Å². The number of aliphatic hydroxyl groups excluding tert-OH is 1. The SMILES string of the molecule is CNc1nc(Br)ccc1C.Cc1ncc(-c2cc(C)c3c(c2)c(C(C)O)nn3CC(=O)N2CC(C)CC2C=O)cn1. The molecule has 216 valence electrons. The molecule has 4 aromatic rings. The van der Waals surface area contributed by atoms with Crippen LogP contribution in [0.5, 0.6) is 0 Å². The summed E-state index contributed by atoms with van der Waals surface area (Å²) in [5, 5.41) is 18.7. The molecule has 1 fully saturated rings. The largest absolute Gasteiger partial charge is 0.387 e. The lowest BCUT2D eigenvalue weighted by Crippen LogP contribution is -2.39. The Labute approximate surface area is 248 Å². The number of anilines is 1. The monoisotopic (exact) mass is 621 g/mol. The van der Waals surface area contributed by atoms with E-state index in [9.17, 15) is 14.7 Å². The van der Waals surface area contributed by atoms with Gasteiger partial charge in [-0.2, -0.15) is 5.10 Å². The van der Waals surface area contributed by atoms with Crippen molar-refractivity contribution in [2.24, 2.45) is 5.92 Å². The minimum Gasteiger partial charge on any atom is -0.387 e. The first-order valence-corrected chi connectivity index (χ1v) is 14.4. The average molecular weight is 623 g/mol. The highest BCUT2D eigenvalue weighted by atomic mass is 79.9. The van der Waals surface area contributed by atoms with Crippen LogP contribution >= 0.6 is 15.9 Å². The molecular weight excluding hydrogens is 586 g/mol. The topological polar surface area (TPSA) is 126 Å². The predicted octanol–water partition coefficient (Wildman–Crippen LogP) is 4.79. The van der Waals surface area contributed by atoms with Gasteiger partial charge in [-0.1, -0.05) is 13.0 Å². The Bertz CT molecular complexity index is 1550. The highest BCUT2D eigenvalue weighted by molar-refractivity contribution is 9.10. The van der Waals surface area contributed by atoms with Crippen LogP contribution in [-0.2, 0) is 16.1 Å². The number of hydrogen-bond donors (Lipinski definition) is 2. The molecule has 0 bridgehead atoms. The normalized spacial score (nSPS) is 17.2. The van der Waals surface area contributed by atoms with E-state index in [-0.39, 0.29) is 18.5 Å². The first-order chi connectivity index (χ1) is 19.5. The van der Waals surface area contributed by atoms with E-state index in [1.54, 1.807) is 28.9 Å².